The fraction of sp³-hybridized carbons (Fsp3) is 0.286. The van der Waals surface area contributed by atoms with Crippen molar-refractivity contribution in [3.8, 4) is 5.75 Å². The number of halogens is 3. The van der Waals surface area contributed by atoms with E-state index in [-0.39, 0.29) is 0 Å². The minimum absolute atomic E-state index is 0.325. The molecule has 0 heterocycles. The van der Waals surface area contributed by atoms with Crippen molar-refractivity contribution in [2.45, 2.75) is 19.3 Å². The highest BCUT2D eigenvalue weighted by Gasteiger charge is 2.33. The standard InChI is InChI=1S/C14H13ClF2O/c1-14(16,17)10-4-2-6-12(8-10)18-13-7-3-5-11(15)9-13/h2-3,5-10H,4H2,1H3. The molecule has 0 aromatic heterocycles. The van der Waals surface area contributed by atoms with E-state index in [0.29, 0.717) is 23.0 Å². The predicted octanol–water partition coefficient (Wildman–Crippen LogP) is 4.83. The molecule has 4 heteroatoms. The van der Waals surface area contributed by atoms with Crippen molar-refractivity contribution in [1.29, 1.82) is 0 Å². The molecule has 1 aromatic carbocycles. The van der Waals surface area contributed by atoms with Crippen LogP contribution in [0, 0.1) is 5.92 Å². The van der Waals surface area contributed by atoms with Gasteiger partial charge in [-0.2, -0.15) is 0 Å². The zero-order valence-corrected chi connectivity index (χ0v) is 10.6. The molecule has 0 spiro atoms. The third kappa shape index (κ3) is 3.33. The van der Waals surface area contributed by atoms with E-state index in [1.807, 2.05) is 0 Å². The van der Waals surface area contributed by atoms with E-state index >= 15 is 0 Å². The van der Waals surface area contributed by atoms with E-state index in [1.165, 1.54) is 6.08 Å². The molecule has 0 bridgehead atoms. The highest BCUT2D eigenvalue weighted by Crippen LogP contribution is 2.32. The lowest BCUT2D eigenvalue weighted by Crippen LogP contribution is -2.24. The molecule has 1 aliphatic rings. The lowest BCUT2D eigenvalue weighted by atomic mass is 9.94. The second-order valence-electron chi connectivity index (χ2n) is 4.33. The fourth-order valence-electron chi connectivity index (χ4n) is 1.74. The Balaban J connectivity index is 2.14. The summed E-state index contributed by atoms with van der Waals surface area (Å²) in [7, 11) is 0. The van der Waals surface area contributed by atoms with Crippen LogP contribution in [0.25, 0.3) is 0 Å². The van der Waals surface area contributed by atoms with Crippen molar-refractivity contribution in [2.75, 3.05) is 0 Å². The molecule has 0 radical (unpaired) electrons. The average molecular weight is 271 g/mol. The van der Waals surface area contributed by atoms with Crippen LogP contribution in [0.5, 0.6) is 5.75 Å². The third-order valence-electron chi connectivity index (χ3n) is 2.72. The summed E-state index contributed by atoms with van der Waals surface area (Å²) in [5, 5.41) is 0.547. The second-order valence-corrected chi connectivity index (χ2v) is 4.77. The maximum absolute atomic E-state index is 13.2. The smallest absolute Gasteiger partial charge is 0.252 e. The molecule has 1 atom stereocenters. The Morgan fingerprint density at radius 1 is 1.39 bits per heavy atom. The molecule has 0 fully saturated rings. The summed E-state index contributed by atoms with van der Waals surface area (Å²) in [4.78, 5) is 0. The maximum atomic E-state index is 13.2. The van der Waals surface area contributed by atoms with E-state index < -0.39 is 11.8 Å². The van der Waals surface area contributed by atoms with Gasteiger partial charge in [0.05, 0.1) is 0 Å². The number of alkyl halides is 2. The molecule has 96 valence electrons. The zero-order valence-electron chi connectivity index (χ0n) is 9.87. The van der Waals surface area contributed by atoms with Crippen LogP contribution in [-0.2, 0) is 0 Å². The van der Waals surface area contributed by atoms with Gasteiger partial charge in [0.25, 0.3) is 5.92 Å². The van der Waals surface area contributed by atoms with Crippen molar-refractivity contribution >= 4 is 11.6 Å². The molecular weight excluding hydrogens is 258 g/mol. The van der Waals surface area contributed by atoms with Crippen molar-refractivity contribution < 1.29 is 13.5 Å². The summed E-state index contributed by atoms with van der Waals surface area (Å²) < 4.78 is 32.0. The lowest BCUT2D eigenvalue weighted by Gasteiger charge is -2.22. The van der Waals surface area contributed by atoms with Crippen LogP contribution in [0.4, 0.5) is 8.78 Å². The van der Waals surface area contributed by atoms with Gasteiger partial charge < -0.3 is 4.74 Å². The van der Waals surface area contributed by atoms with Crippen molar-refractivity contribution in [1.82, 2.24) is 0 Å². The van der Waals surface area contributed by atoms with Gasteiger partial charge in [-0.05, 0) is 43.7 Å². The van der Waals surface area contributed by atoms with E-state index in [9.17, 15) is 8.78 Å². The minimum Gasteiger partial charge on any atom is -0.458 e. The van der Waals surface area contributed by atoms with Gasteiger partial charge in [0.2, 0.25) is 0 Å². The monoisotopic (exact) mass is 270 g/mol. The fourth-order valence-corrected chi connectivity index (χ4v) is 1.92. The molecule has 0 aliphatic heterocycles. The van der Waals surface area contributed by atoms with Gasteiger partial charge in [0.15, 0.2) is 0 Å². The zero-order chi connectivity index (χ0) is 13.2. The van der Waals surface area contributed by atoms with Gasteiger partial charge in [0, 0.05) is 10.9 Å². The molecule has 1 aliphatic carbocycles. The van der Waals surface area contributed by atoms with Gasteiger partial charge >= 0.3 is 0 Å². The number of rotatable bonds is 3. The Hall–Kier alpha value is -1.35. The predicted molar refractivity (Wildman–Crippen MR) is 68.0 cm³/mol. The lowest BCUT2D eigenvalue weighted by molar-refractivity contribution is -0.0211. The molecule has 1 unspecified atom stereocenters. The Kier molecular flexibility index (Phi) is 3.71. The summed E-state index contributed by atoms with van der Waals surface area (Å²) >= 11 is 5.83. The van der Waals surface area contributed by atoms with Crippen LogP contribution in [0.2, 0.25) is 5.02 Å². The molecule has 0 saturated heterocycles. The molecule has 0 amide bonds. The summed E-state index contributed by atoms with van der Waals surface area (Å²) in [6, 6.07) is 6.84. The number of ether oxygens (including phenoxy) is 1. The van der Waals surface area contributed by atoms with Gasteiger partial charge in [-0.1, -0.05) is 23.7 Å². The average Bonchev–Trinajstić information content (AvgIpc) is 2.28. The van der Waals surface area contributed by atoms with Gasteiger partial charge in [-0.3, -0.25) is 0 Å². The first-order valence-corrected chi connectivity index (χ1v) is 6.02. The normalized spacial score (nSPS) is 19.6. The van der Waals surface area contributed by atoms with Crippen LogP contribution in [0.15, 0.2) is 48.3 Å². The first-order valence-electron chi connectivity index (χ1n) is 5.65. The van der Waals surface area contributed by atoms with Crippen LogP contribution in [-0.4, -0.2) is 5.92 Å². The number of benzene rings is 1. The Labute approximate surface area is 110 Å². The summed E-state index contributed by atoms with van der Waals surface area (Å²) in [6.45, 7) is 0.921. The third-order valence-corrected chi connectivity index (χ3v) is 2.96. The van der Waals surface area contributed by atoms with Crippen molar-refractivity contribution in [3.05, 3.63) is 53.3 Å². The van der Waals surface area contributed by atoms with Crippen molar-refractivity contribution in [3.63, 3.8) is 0 Å². The second kappa shape index (κ2) is 5.11. The Morgan fingerprint density at radius 2 is 2.17 bits per heavy atom. The summed E-state index contributed by atoms with van der Waals surface area (Å²) in [6.07, 6.45) is 5.18. The van der Waals surface area contributed by atoms with Crippen LogP contribution in [0.3, 0.4) is 0 Å². The highest BCUT2D eigenvalue weighted by molar-refractivity contribution is 6.30. The van der Waals surface area contributed by atoms with Crippen LogP contribution < -0.4 is 4.74 Å². The van der Waals surface area contributed by atoms with Crippen LogP contribution >= 0.6 is 11.6 Å². The molecule has 2 rings (SSSR count). The maximum Gasteiger partial charge on any atom is 0.252 e. The molecule has 1 nitrogen and oxygen atoms in total. The van der Waals surface area contributed by atoms with Crippen molar-refractivity contribution in [2.24, 2.45) is 5.92 Å². The van der Waals surface area contributed by atoms with E-state index in [2.05, 4.69) is 0 Å². The topological polar surface area (TPSA) is 9.23 Å². The molecule has 18 heavy (non-hydrogen) atoms. The van der Waals surface area contributed by atoms with Gasteiger partial charge in [0.1, 0.15) is 11.5 Å². The van der Waals surface area contributed by atoms with E-state index in [4.69, 9.17) is 16.3 Å². The van der Waals surface area contributed by atoms with Crippen LogP contribution in [0.1, 0.15) is 13.3 Å². The minimum atomic E-state index is -2.74. The molecule has 1 aromatic rings. The Bertz CT molecular complexity index is 489. The number of allylic oxidation sites excluding steroid dienone is 3. The molecule has 0 saturated carbocycles. The first kappa shape index (κ1) is 13.1. The molecule has 0 N–H and O–H groups in total. The highest BCUT2D eigenvalue weighted by atomic mass is 35.5. The Morgan fingerprint density at radius 3 is 2.83 bits per heavy atom. The number of hydrogen-bond donors (Lipinski definition) is 0. The quantitative estimate of drug-likeness (QED) is 0.764. The van der Waals surface area contributed by atoms with Gasteiger partial charge in [-0.25, -0.2) is 8.78 Å². The first-order chi connectivity index (χ1) is 8.45. The van der Waals surface area contributed by atoms with Gasteiger partial charge in [-0.15, -0.1) is 0 Å². The number of hydrogen-bond acceptors (Lipinski definition) is 1. The SMILES string of the molecule is CC(F)(F)C1C=C(Oc2cccc(Cl)c2)C=CC1. The van der Waals surface area contributed by atoms with E-state index in [0.717, 1.165) is 6.92 Å². The largest absolute Gasteiger partial charge is 0.458 e. The summed E-state index contributed by atoms with van der Waals surface area (Å²) in [5.74, 6) is -2.60. The molecular formula is C14H13ClF2O. The summed E-state index contributed by atoms with van der Waals surface area (Å²) in [5.41, 5.74) is 0. The van der Waals surface area contributed by atoms with E-state index in [1.54, 1.807) is 36.4 Å².